The van der Waals surface area contributed by atoms with Gasteiger partial charge in [0.05, 0.1) is 5.69 Å². The molecule has 1 unspecified atom stereocenters. The summed E-state index contributed by atoms with van der Waals surface area (Å²) >= 11 is 1.79. The van der Waals surface area contributed by atoms with Gasteiger partial charge in [-0.1, -0.05) is 6.07 Å². The monoisotopic (exact) mass is 272 g/mol. The van der Waals surface area contributed by atoms with E-state index in [1.165, 1.54) is 39.2 Å². The normalized spacial score (nSPS) is 18.4. The summed E-state index contributed by atoms with van der Waals surface area (Å²) in [5, 5.41) is 1.14. The van der Waals surface area contributed by atoms with Crippen molar-refractivity contribution in [2.24, 2.45) is 5.73 Å². The quantitative estimate of drug-likeness (QED) is 0.850. The Morgan fingerprint density at radius 1 is 1.16 bits per heavy atom. The van der Waals surface area contributed by atoms with Crippen molar-refractivity contribution in [2.75, 3.05) is 0 Å². The van der Waals surface area contributed by atoms with E-state index >= 15 is 0 Å². The number of benzene rings is 1. The molecule has 1 aromatic carbocycles. The molecule has 1 aliphatic rings. The molecule has 0 fully saturated rings. The number of rotatable bonds is 1. The molecule has 0 aliphatic heterocycles. The van der Waals surface area contributed by atoms with Crippen LogP contribution in [0.5, 0.6) is 0 Å². The first-order chi connectivity index (χ1) is 9.06. The van der Waals surface area contributed by atoms with Crippen LogP contribution >= 0.6 is 11.3 Å². The summed E-state index contributed by atoms with van der Waals surface area (Å²) in [6, 6.07) is 4.72. The summed E-state index contributed by atoms with van der Waals surface area (Å²) in [4.78, 5) is 6.15. The van der Waals surface area contributed by atoms with Crippen molar-refractivity contribution < 1.29 is 0 Å². The molecule has 100 valence electrons. The van der Waals surface area contributed by atoms with Crippen molar-refractivity contribution in [3.63, 3.8) is 0 Å². The highest BCUT2D eigenvalue weighted by molar-refractivity contribution is 7.15. The second kappa shape index (κ2) is 4.73. The van der Waals surface area contributed by atoms with Crippen molar-refractivity contribution >= 4 is 11.3 Å². The Kier molecular flexibility index (Phi) is 3.19. The fourth-order valence-electron chi connectivity index (χ4n) is 2.76. The Bertz CT molecular complexity index is 628. The van der Waals surface area contributed by atoms with E-state index in [1.807, 2.05) is 0 Å². The minimum absolute atomic E-state index is 0.196. The van der Waals surface area contributed by atoms with E-state index in [4.69, 9.17) is 10.7 Å². The number of hydrogen-bond acceptors (Lipinski definition) is 3. The van der Waals surface area contributed by atoms with Gasteiger partial charge in [0.1, 0.15) is 5.01 Å². The molecule has 2 nitrogen and oxygen atoms in total. The van der Waals surface area contributed by atoms with Gasteiger partial charge in [0.25, 0.3) is 0 Å². The first kappa shape index (κ1) is 12.8. The van der Waals surface area contributed by atoms with Gasteiger partial charge >= 0.3 is 0 Å². The van der Waals surface area contributed by atoms with Gasteiger partial charge in [-0.05, 0) is 62.8 Å². The highest BCUT2D eigenvalue weighted by Crippen LogP contribution is 2.38. The SMILES string of the molecule is Cc1cc(C)c(-c2nc3c(s2)C(N)CCC3)cc1C. The topological polar surface area (TPSA) is 38.9 Å². The van der Waals surface area contributed by atoms with E-state index in [0.29, 0.717) is 0 Å². The molecule has 3 heteroatoms. The Labute approximate surface area is 118 Å². The molecular formula is C16H20N2S. The number of fused-ring (bicyclic) bond motifs is 1. The second-order valence-corrected chi connectivity index (χ2v) is 6.61. The van der Waals surface area contributed by atoms with Gasteiger partial charge in [0.2, 0.25) is 0 Å². The second-order valence-electron chi connectivity index (χ2n) is 5.58. The Hall–Kier alpha value is -1.19. The van der Waals surface area contributed by atoms with Gasteiger partial charge in [0.15, 0.2) is 0 Å². The summed E-state index contributed by atoms with van der Waals surface area (Å²) in [6.07, 6.45) is 3.35. The minimum Gasteiger partial charge on any atom is -0.323 e. The Morgan fingerprint density at radius 2 is 1.89 bits per heavy atom. The molecule has 0 spiro atoms. The molecule has 1 atom stereocenters. The number of aryl methyl sites for hydroxylation is 4. The summed E-state index contributed by atoms with van der Waals surface area (Å²) in [6.45, 7) is 6.49. The van der Waals surface area contributed by atoms with Crippen molar-refractivity contribution in [2.45, 2.75) is 46.1 Å². The zero-order chi connectivity index (χ0) is 13.6. The fraction of sp³-hybridized carbons (Fsp3) is 0.438. The lowest BCUT2D eigenvalue weighted by molar-refractivity contribution is 0.573. The van der Waals surface area contributed by atoms with Gasteiger partial charge in [-0.3, -0.25) is 0 Å². The van der Waals surface area contributed by atoms with Crippen LogP contribution in [0.1, 0.15) is 46.1 Å². The number of nitrogens with zero attached hydrogens (tertiary/aromatic N) is 1. The maximum atomic E-state index is 6.20. The van der Waals surface area contributed by atoms with E-state index in [2.05, 4.69) is 32.9 Å². The molecule has 1 aliphatic carbocycles. The van der Waals surface area contributed by atoms with Gasteiger partial charge in [-0.2, -0.15) is 0 Å². The lowest BCUT2D eigenvalue weighted by Gasteiger charge is -2.15. The van der Waals surface area contributed by atoms with Crippen LogP contribution in [0.15, 0.2) is 12.1 Å². The van der Waals surface area contributed by atoms with Crippen molar-refractivity contribution in [3.05, 3.63) is 39.4 Å². The third-order valence-corrected chi connectivity index (χ3v) is 5.33. The van der Waals surface area contributed by atoms with Gasteiger partial charge in [-0.25, -0.2) is 4.98 Å². The number of nitrogens with two attached hydrogens (primary N) is 1. The van der Waals surface area contributed by atoms with E-state index < -0.39 is 0 Å². The van der Waals surface area contributed by atoms with Crippen LogP contribution in [-0.4, -0.2) is 4.98 Å². The van der Waals surface area contributed by atoms with Gasteiger partial charge in [0, 0.05) is 16.5 Å². The molecule has 0 amide bonds. The molecule has 1 heterocycles. The van der Waals surface area contributed by atoms with Crippen LogP contribution in [-0.2, 0) is 6.42 Å². The number of hydrogen-bond donors (Lipinski definition) is 1. The summed E-state index contributed by atoms with van der Waals surface area (Å²) in [5.74, 6) is 0. The molecule has 2 N–H and O–H groups in total. The van der Waals surface area contributed by atoms with Crippen LogP contribution in [0.3, 0.4) is 0 Å². The Balaban J connectivity index is 2.10. The third-order valence-electron chi connectivity index (χ3n) is 4.06. The first-order valence-electron chi connectivity index (χ1n) is 6.89. The number of aromatic nitrogens is 1. The van der Waals surface area contributed by atoms with Crippen molar-refractivity contribution in [1.82, 2.24) is 4.98 Å². The summed E-state index contributed by atoms with van der Waals surface area (Å²) in [7, 11) is 0. The molecular weight excluding hydrogens is 252 g/mol. The zero-order valence-electron chi connectivity index (χ0n) is 11.8. The van der Waals surface area contributed by atoms with Crippen LogP contribution in [0.25, 0.3) is 10.6 Å². The van der Waals surface area contributed by atoms with Crippen LogP contribution < -0.4 is 5.73 Å². The standard InChI is InChI=1S/C16H20N2S/c1-9-7-11(3)12(8-10(9)2)16-18-14-6-4-5-13(17)15(14)19-16/h7-8,13H,4-6,17H2,1-3H3. The number of thiazole rings is 1. The lowest BCUT2D eigenvalue weighted by atomic mass is 9.99. The summed E-state index contributed by atoms with van der Waals surface area (Å²) in [5.41, 5.74) is 12.7. The van der Waals surface area contributed by atoms with Crippen molar-refractivity contribution in [3.8, 4) is 10.6 Å². The molecule has 0 saturated carbocycles. The average molecular weight is 272 g/mol. The third kappa shape index (κ3) is 2.21. The summed E-state index contributed by atoms with van der Waals surface area (Å²) < 4.78 is 0. The van der Waals surface area contributed by atoms with E-state index in [1.54, 1.807) is 11.3 Å². The molecule has 19 heavy (non-hydrogen) atoms. The molecule has 0 radical (unpaired) electrons. The predicted molar refractivity (Wildman–Crippen MR) is 81.6 cm³/mol. The lowest BCUT2D eigenvalue weighted by Crippen LogP contribution is -2.15. The smallest absolute Gasteiger partial charge is 0.124 e. The average Bonchev–Trinajstić information content (AvgIpc) is 2.79. The van der Waals surface area contributed by atoms with Crippen LogP contribution in [0.4, 0.5) is 0 Å². The highest BCUT2D eigenvalue weighted by Gasteiger charge is 2.22. The van der Waals surface area contributed by atoms with E-state index in [9.17, 15) is 0 Å². The molecule has 3 rings (SSSR count). The predicted octanol–water partition coefficient (Wildman–Crippen LogP) is 4.07. The van der Waals surface area contributed by atoms with Gasteiger partial charge < -0.3 is 5.73 Å². The minimum atomic E-state index is 0.196. The first-order valence-corrected chi connectivity index (χ1v) is 7.71. The Morgan fingerprint density at radius 3 is 2.63 bits per heavy atom. The van der Waals surface area contributed by atoms with Gasteiger partial charge in [-0.15, -0.1) is 11.3 Å². The maximum Gasteiger partial charge on any atom is 0.124 e. The molecule has 1 aromatic heterocycles. The molecule has 0 bridgehead atoms. The highest BCUT2D eigenvalue weighted by atomic mass is 32.1. The zero-order valence-corrected chi connectivity index (χ0v) is 12.6. The molecule has 0 saturated heterocycles. The molecule has 2 aromatic rings. The van der Waals surface area contributed by atoms with Crippen molar-refractivity contribution in [1.29, 1.82) is 0 Å². The largest absolute Gasteiger partial charge is 0.323 e. The van der Waals surface area contributed by atoms with Crippen LogP contribution in [0, 0.1) is 20.8 Å². The maximum absolute atomic E-state index is 6.20. The van der Waals surface area contributed by atoms with Crippen LogP contribution in [0.2, 0.25) is 0 Å². The van der Waals surface area contributed by atoms with E-state index in [-0.39, 0.29) is 6.04 Å². The fourth-order valence-corrected chi connectivity index (χ4v) is 3.99. The van der Waals surface area contributed by atoms with E-state index in [0.717, 1.165) is 17.8 Å².